The summed E-state index contributed by atoms with van der Waals surface area (Å²) in [5.74, 6) is 0.178. The Morgan fingerprint density at radius 2 is 1.86 bits per heavy atom. The molecule has 1 aliphatic carbocycles. The van der Waals surface area contributed by atoms with E-state index in [9.17, 15) is 4.79 Å². The molecule has 1 saturated heterocycles. The highest BCUT2D eigenvalue weighted by Crippen LogP contribution is 2.39. The molecule has 1 fully saturated rings. The van der Waals surface area contributed by atoms with Crippen molar-refractivity contribution in [1.82, 2.24) is 14.8 Å². The second-order valence-electron chi connectivity index (χ2n) is 8.22. The number of nitrogens with zero attached hydrogens (tertiary/aromatic N) is 2. The molecule has 4 nitrogen and oxygen atoms in total. The minimum absolute atomic E-state index is 0.145. The molecule has 4 heteroatoms. The van der Waals surface area contributed by atoms with Gasteiger partial charge in [-0.25, -0.2) is 0 Å². The van der Waals surface area contributed by atoms with Gasteiger partial charge in [0.25, 0.3) is 0 Å². The molecule has 2 atom stereocenters. The van der Waals surface area contributed by atoms with Crippen molar-refractivity contribution in [3.63, 3.8) is 0 Å². The van der Waals surface area contributed by atoms with Gasteiger partial charge in [0.15, 0.2) is 0 Å². The molecule has 1 amide bonds. The highest BCUT2D eigenvalue weighted by Gasteiger charge is 2.40. The normalized spacial score (nSPS) is 21.9. The maximum atomic E-state index is 13.2. The Balaban J connectivity index is 1.41. The summed E-state index contributed by atoms with van der Waals surface area (Å²) in [6.07, 6.45) is 4.00. The van der Waals surface area contributed by atoms with Gasteiger partial charge < -0.3 is 9.88 Å². The van der Waals surface area contributed by atoms with Crippen LogP contribution in [0.1, 0.15) is 35.7 Å². The van der Waals surface area contributed by atoms with Crippen LogP contribution in [0.4, 0.5) is 0 Å². The van der Waals surface area contributed by atoms with Crippen LogP contribution in [-0.2, 0) is 17.6 Å². The van der Waals surface area contributed by atoms with Gasteiger partial charge in [0.05, 0.1) is 12.5 Å². The topological polar surface area (TPSA) is 39.3 Å². The highest BCUT2D eigenvalue weighted by molar-refractivity contribution is 5.84. The molecule has 0 spiro atoms. The number of para-hydroxylation sites is 1. The number of carbonyl (C=O) groups is 1. The standard InChI is InChI=1S/C24H27N3O/c1-26(23(28)16-19-14-18-9-3-5-11-21(18)25-19)24-20-10-4-2-8-17(20)15-22(24)27-12-6-7-13-27/h2-5,8-11,14,22,24-25H,6-7,12-13,15-16H2,1H3/t22-,24-/m1/s1. The number of aromatic amines is 1. The summed E-state index contributed by atoms with van der Waals surface area (Å²) in [5, 5.41) is 1.16. The average Bonchev–Trinajstić information content (AvgIpc) is 3.44. The molecule has 2 heterocycles. The van der Waals surface area contributed by atoms with Gasteiger partial charge in [-0.15, -0.1) is 0 Å². The molecular formula is C24H27N3O. The molecule has 1 N–H and O–H groups in total. The monoisotopic (exact) mass is 373 g/mol. The van der Waals surface area contributed by atoms with Crippen LogP contribution in [0.15, 0.2) is 54.6 Å². The lowest BCUT2D eigenvalue weighted by atomic mass is 10.0. The number of hydrogen-bond acceptors (Lipinski definition) is 2. The zero-order valence-corrected chi connectivity index (χ0v) is 16.4. The predicted molar refractivity (Wildman–Crippen MR) is 112 cm³/mol. The van der Waals surface area contributed by atoms with Crippen LogP contribution >= 0.6 is 0 Å². The van der Waals surface area contributed by atoms with E-state index in [4.69, 9.17) is 0 Å². The van der Waals surface area contributed by atoms with Gasteiger partial charge in [0.1, 0.15) is 0 Å². The molecule has 1 aromatic heterocycles. The fourth-order valence-electron chi connectivity index (χ4n) is 5.09. The van der Waals surface area contributed by atoms with Crippen LogP contribution in [0.25, 0.3) is 10.9 Å². The molecule has 2 aromatic carbocycles. The van der Waals surface area contributed by atoms with E-state index in [1.807, 2.05) is 24.1 Å². The molecular weight excluding hydrogens is 346 g/mol. The second kappa shape index (κ2) is 7.10. The zero-order valence-electron chi connectivity index (χ0n) is 16.4. The number of nitrogens with one attached hydrogen (secondary N) is 1. The van der Waals surface area contributed by atoms with Gasteiger partial charge in [0.2, 0.25) is 5.91 Å². The van der Waals surface area contributed by atoms with Crippen molar-refractivity contribution < 1.29 is 4.79 Å². The van der Waals surface area contributed by atoms with Crippen LogP contribution in [0.5, 0.6) is 0 Å². The Morgan fingerprint density at radius 3 is 2.68 bits per heavy atom. The van der Waals surface area contributed by atoms with E-state index in [1.54, 1.807) is 0 Å². The molecule has 0 bridgehead atoms. The average molecular weight is 374 g/mol. The first-order chi connectivity index (χ1) is 13.7. The SMILES string of the molecule is CN(C(=O)Cc1cc2ccccc2[nH]1)[C@@H]1c2ccccc2C[C@H]1N1CCCC1. The Hall–Kier alpha value is -2.59. The molecule has 28 heavy (non-hydrogen) atoms. The molecule has 0 radical (unpaired) electrons. The van der Waals surface area contributed by atoms with Crippen molar-refractivity contribution in [3.05, 3.63) is 71.4 Å². The minimum atomic E-state index is 0.145. The van der Waals surface area contributed by atoms with Gasteiger partial charge in [-0.3, -0.25) is 9.69 Å². The van der Waals surface area contributed by atoms with Crippen LogP contribution < -0.4 is 0 Å². The summed E-state index contributed by atoms with van der Waals surface area (Å²) in [5.41, 5.74) is 4.80. The van der Waals surface area contributed by atoms with Crippen molar-refractivity contribution in [3.8, 4) is 0 Å². The zero-order chi connectivity index (χ0) is 19.1. The summed E-state index contributed by atoms with van der Waals surface area (Å²) in [6, 6.07) is 19.5. The summed E-state index contributed by atoms with van der Waals surface area (Å²) in [6.45, 7) is 2.30. The third-order valence-corrected chi connectivity index (χ3v) is 6.51. The quantitative estimate of drug-likeness (QED) is 0.753. The van der Waals surface area contributed by atoms with Crippen LogP contribution in [-0.4, -0.2) is 46.9 Å². The summed E-state index contributed by atoms with van der Waals surface area (Å²) in [4.78, 5) is 21.2. The van der Waals surface area contributed by atoms with Crippen molar-refractivity contribution in [2.75, 3.05) is 20.1 Å². The molecule has 0 saturated carbocycles. The number of hydrogen-bond donors (Lipinski definition) is 1. The molecule has 144 valence electrons. The van der Waals surface area contributed by atoms with Gasteiger partial charge in [-0.05, 0) is 61.0 Å². The van der Waals surface area contributed by atoms with Crippen molar-refractivity contribution in [1.29, 1.82) is 0 Å². The summed E-state index contributed by atoms with van der Waals surface area (Å²) in [7, 11) is 1.99. The van der Waals surface area contributed by atoms with Gasteiger partial charge in [-0.1, -0.05) is 42.5 Å². The van der Waals surface area contributed by atoms with E-state index in [-0.39, 0.29) is 11.9 Å². The largest absolute Gasteiger partial charge is 0.358 e. The van der Waals surface area contributed by atoms with Crippen LogP contribution in [0.3, 0.4) is 0 Å². The van der Waals surface area contributed by atoms with E-state index >= 15 is 0 Å². The maximum Gasteiger partial charge on any atom is 0.228 e. The summed E-state index contributed by atoms with van der Waals surface area (Å²) >= 11 is 0. The number of amides is 1. The first kappa shape index (κ1) is 17.5. The number of aromatic nitrogens is 1. The molecule has 3 aromatic rings. The first-order valence-electron chi connectivity index (χ1n) is 10.3. The lowest BCUT2D eigenvalue weighted by molar-refractivity contribution is -0.132. The lowest BCUT2D eigenvalue weighted by Crippen LogP contribution is -2.44. The maximum absolute atomic E-state index is 13.2. The highest BCUT2D eigenvalue weighted by atomic mass is 16.2. The number of H-pyrrole nitrogens is 1. The third-order valence-electron chi connectivity index (χ3n) is 6.51. The summed E-state index contributed by atoms with van der Waals surface area (Å²) < 4.78 is 0. The Bertz CT molecular complexity index is 969. The second-order valence-corrected chi connectivity index (χ2v) is 8.22. The fourth-order valence-corrected chi connectivity index (χ4v) is 5.09. The number of likely N-dealkylation sites (N-methyl/N-ethyl adjacent to an activating group) is 1. The number of carbonyl (C=O) groups excluding carboxylic acids is 1. The molecule has 0 unspecified atom stereocenters. The van der Waals surface area contributed by atoms with E-state index < -0.39 is 0 Å². The van der Waals surface area contributed by atoms with Crippen molar-refractivity contribution in [2.45, 2.75) is 37.8 Å². The number of likely N-dealkylation sites (tertiary alicyclic amines) is 1. The number of rotatable bonds is 4. The van der Waals surface area contributed by atoms with E-state index in [0.717, 1.165) is 36.1 Å². The minimum Gasteiger partial charge on any atom is -0.358 e. The first-order valence-corrected chi connectivity index (χ1v) is 10.3. The third kappa shape index (κ3) is 3.02. The Labute approximate surface area is 166 Å². The van der Waals surface area contributed by atoms with Crippen molar-refractivity contribution in [2.24, 2.45) is 0 Å². The van der Waals surface area contributed by atoms with Crippen LogP contribution in [0, 0.1) is 0 Å². The van der Waals surface area contributed by atoms with E-state index in [0.29, 0.717) is 12.5 Å². The van der Waals surface area contributed by atoms with E-state index in [1.165, 1.54) is 24.0 Å². The number of benzene rings is 2. The van der Waals surface area contributed by atoms with Gasteiger partial charge in [0, 0.05) is 24.3 Å². The Morgan fingerprint density at radius 1 is 1.11 bits per heavy atom. The smallest absolute Gasteiger partial charge is 0.228 e. The molecule has 5 rings (SSSR count). The lowest BCUT2D eigenvalue weighted by Gasteiger charge is -2.35. The number of fused-ring (bicyclic) bond motifs is 2. The van der Waals surface area contributed by atoms with Crippen molar-refractivity contribution >= 4 is 16.8 Å². The fraction of sp³-hybridized carbons (Fsp3) is 0.375. The van der Waals surface area contributed by atoms with Gasteiger partial charge >= 0.3 is 0 Å². The van der Waals surface area contributed by atoms with Crippen LogP contribution in [0.2, 0.25) is 0 Å². The van der Waals surface area contributed by atoms with E-state index in [2.05, 4.69) is 52.3 Å². The molecule has 2 aliphatic rings. The van der Waals surface area contributed by atoms with Gasteiger partial charge in [-0.2, -0.15) is 0 Å². The molecule has 1 aliphatic heterocycles. The predicted octanol–water partition coefficient (Wildman–Crippen LogP) is 3.93. The Kier molecular flexibility index (Phi) is 4.44.